The predicted octanol–water partition coefficient (Wildman–Crippen LogP) is 3.66. The van der Waals surface area contributed by atoms with Crippen LogP contribution in [0.4, 0.5) is 9.18 Å². The number of amides is 4. The number of carbonyl (C=O) groups excluding carboxylic acids is 3. The van der Waals surface area contributed by atoms with E-state index >= 15 is 0 Å². The highest BCUT2D eigenvalue weighted by atomic mass is 35.5. The Bertz CT molecular complexity index is 2180. The zero-order valence-corrected chi connectivity index (χ0v) is 31.6. The molecule has 2 aromatic heterocycles. The van der Waals surface area contributed by atoms with Crippen LogP contribution in [0.3, 0.4) is 0 Å². The number of aromatic nitrogens is 3. The molecule has 7 atom stereocenters. The Labute approximate surface area is 316 Å². The van der Waals surface area contributed by atoms with Crippen LogP contribution in [0.1, 0.15) is 64.5 Å². The van der Waals surface area contributed by atoms with Gasteiger partial charge in [0.25, 0.3) is 5.91 Å². The lowest BCUT2D eigenvalue weighted by atomic mass is 9.88. The number of sulfonamides is 1. The normalized spacial score (nSPS) is 29.8. The summed E-state index contributed by atoms with van der Waals surface area (Å²) in [7, 11) is -4.40. The number of allylic oxidation sites excluding steroid dienone is 1. The molecule has 0 unspecified atom stereocenters. The van der Waals surface area contributed by atoms with Gasteiger partial charge in [-0.25, -0.2) is 22.6 Å². The highest BCUT2D eigenvalue weighted by molar-refractivity contribution is 7.91. The Kier molecular flexibility index (Phi) is 9.77. The molecule has 3 fully saturated rings. The van der Waals surface area contributed by atoms with Crippen molar-refractivity contribution in [3.63, 3.8) is 0 Å². The van der Waals surface area contributed by atoms with Gasteiger partial charge in [-0.15, -0.1) is 0 Å². The summed E-state index contributed by atoms with van der Waals surface area (Å²) in [6, 6.07) is 2.73. The molecule has 1 aromatic carbocycles. The second-order valence-electron chi connectivity index (χ2n) is 15.4. The van der Waals surface area contributed by atoms with Gasteiger partial charge in [-0.2, -0.15) is 4.98 Å². The number of halogens is 2. The Morgan fingerprint density at radius 2 is 1.94 bits per heavy atom. The fraction of sp³-hybridized carbons (Fsp3) is 0.556. The van der Waals surface area contributed by atoms with Crippen molar-refractivity contribution < 1.29 is 41.8 Å². The van der Waals surface area contributed by atoms with Crippen molar-refractivity contribution in [1.82, 2.24) is 34.6 Å². The average Bonchev–Trinajstić information content (AvgIpc) is 3.97. The average molecular weight is 788 g/mol. The number of imidazole rings is 1. The number of fused-ring (bicyclic) bond motifs is 5. The number of aryl methyl sites for hydroxylation is 1. The molecule has 4 aliphatic rings. The molecule has 1 saturated heterocycles. The molecule has 2 aliphatic heterocycles. The SMILES string of the molecule is Cc1cn2c(n1)nc(O[C@@H]1C[C@H]3C(=O)N[C@]4(C(=O)NS(=O)(=O)C5(CF)CC5)C[C@H]4C=CCC[C@H](C)C[C@@H](C)[C@H](NC(=O)O)C(=O)N3C1)c1cc(Cl)ccc12. The summed E-state index contributed by atoms with van der Waals surface area (Å²) in [5.74, 6) is -2.83. The van der Waals surface area contributed by atoms with Gasteiger partial charge in [0.15, 0.2) is 0 Å². The van der Waals surface area contributed by atoms with Crippen molar-refractivity contribution >= 4 is 62.1 Å². The molecule has 2 saturated carbocycles. The predicted molar refractivity (Wildman–Crippen MR) is 195 cm³/mol. The van der Waals surface area contributed by atoms with Gasteiger partial charge in [-0.05, 0) is 75.5 Å². The standard InChI is InChI=1S/C36H43ClFN7O8S/c1-19-6-4-5-7-22-15-36(22,32(48)43-54(51,52)35(18-38)10-11-35)42-29(46)27-14-24(17-44(27)31(47)28(20(2)12-19)40-34(49)50)53-30-25-13-23(37)8-9-26(25)45-16-21(3)39-33(45)41-30/h5,7-9,13,16,19-20,22,24,27-28,40H,4,6,10-12,14-15,17-18H2,1-3H3,(H,42,46)(H,43,48)(H,49,50)/t19-,20+,22+,24+,27-,28-,36+/m0/s1. The van der Waals surface area contributed by atoms with Crippen molar-refractivity contribution in [2.45, 2.75) is 94.2 Å². The largest absolute Gasteiger partial charge is 0.472 e. The van der Waals surface area contributed by atoms with Crippen LogP contribution in [-0.4, -0.2) is 98.3 Å². The maximum Gasteiger partial charge on any atom is 0.405 e. The van der Waals surface area contributed by atoms with E-state index < -0.39 is 80.8 Å². The number of hydrogen-bond acceptors (Lipinski definition) is 9. The van der Waals surface area contributed by atoms with Crippen molar-refractivity contribution in [3.05, 3.63) is 47.3 Å². The molecule has 0 radical (unpaired) electrons. The minimum atomic E-state index is -4.40. The fourth-order valence-electron chi connectivity index (χ4n) is 7.91. The number of carboxylic acid groups (broad SMARTS) is 1. The first-order chi connectivity index (χ1) is 25.6. The molecular weight excluding hydrogens is 745 g/mol. The van der Waals surface area contributed by atoms with Crippen LogP contribution in [0.5, 0.6) is 5.88 Å². The van der Waals surface area contributed by atoms with Crippen molar-refractivity contribution in [2.24, 2.45) is 17.8 Å². The number of carbonyl (C=O) groups is 4. The van der Waals surface area contributed by atoms with Crippen LogP contribution in [0.15, 0.2) is 36.5 Å². The van der Waals surface area contributed by atoms with Gasteiger partial charge in [0.1, 0.15) is 35.1 Å². The first-order valence-corrected chi connectivity index (χ1v) is 20.0. The van der Waals surface area contributed by atoms with E-state index in [2.05, 4.69) is 25.3 Å². The molecular formula is C36H43ClFN7O8S. The monoisotopic (exact) mass is 787 g/mol. The molecule has 3 aromatic rings. The van der Waals surface area contributed by atoms with Crippen LogP contribution < -0.4 is 20.1 Å². The Morgan fingerprint density at radius 3 is 2.65 bits per heavy atom. The van der Waals surface area contributed by atoms with Gasteiger partial charge < -0.3 is 25.4 Å². The van der Waals surface area contributed by atoms with Crippen molar-refractivity contribution in [3.8, 4) is 5.88 Å². The number of ether oxygens (including phenoxy) is 1. The van der Waals surface area contributed by atoms with Gasteiger partial charge >= 0.3 is 6.09 Å². The summed E-state index contributed by atoms with van der Waals surface area (Å²) in [4.78, 5) is 65.1. The lowest BCUT2D eigenvalue weighted by molar-refractivity contribution is -0.142. The molecule has 2 aliphatic carbocycles. The van der Waals surface area contributed by atoms with E-state index in [0.29, 0.717) is 46.7 Å². The van der Waals surface area contributed by atoms with E-state index in [1.807, 2.05) is 26.1 Å². The number of nitrogens with zero attached hydrogens (tertiary/aromatic N) is 4. The van der Waals surface area contributed by atoms with Gasteiger partial charge in [-0.3, -0.25) is 23.5 Å². The van der Waals surface area contributed by atoms with Crippen LogP contribution >= 0.6 is 11.6 Å². The van der Waals surface area contributed by atoms with E-state index in [4.69, 9.17) is 16.3 Å². The van der Waals surface area contributed by atoms with E-state index in [9.17, 15) is 37.1 Å². The summed E-state index contributed by atoms with van der Waals surface area (Å²) in [6.07, 6.45) is 5.14. The molecule has 0 bridgehead atoms. The maximum atomic E-state index is 14.5. The Balaban J connectivity index is 1.24. The number of hydrogen-bond donors (Lipinski definition) is 4. The molecule has 54 heavy (non-hydrogen) atoms. The Hall–Kier alpha value is -4.51. The zero-order chi connectivity index (χ0) is 38.7. The lowest BCUT2D eigenvalue weighted by Gasteiger charge is -2.32. The number of rotatable bonds is 7. The van der Waals surface area contributed by atoms with Crippen LogP contribution in [-0.2, 0) is 24.4 Å². The second-order valence-corrected chi connectivity index (χ2v) is 17.9. The Morgan fingerprint density at radius 1 is 1.19 bits per heavy atom. The topological polar surface area (TPSA) is 201 Å². The van der Waals surface area contributed by atoms with E-state index in [1.165, 1.54) is 4.90 Å². The van der Waals surface area contributed by atoms with Gasteiger partial charge in [0.05, 0.1) is 23.1 Å². The minimum absolute atomic E-state index is 0.0704. The van der Waals surface area contributed by atoms with E-state index in [0.717, 1.165) is 0 Å². The van der Waals surface area contributed by atoms with Crippen LogP contribution in [0.2, 0.25) is 5.02 Å². The molecule has 4 heterocycles. The lowest BCUT2D eigenvalue weighted by Crippen LogP contribution is -2.59. The van der Waals surface area contributed by atoms with E-state index in [1.54, 1.807) is 35.6 Å². The van der Waals surface area contributed by atoms with Crippen LogP contribution in [0, 0.1) is 24.7 Å². The molecule has 290 valence electrons. The molecule has 0 spiro atoms. The summed E-state index contributed by atoms with van der Waals surface area (Å²) in [6.45, 7) is 4.31. The molecule has 4 N–H and O–H groups in total. The van der Waals surface area contributed by atoms with Gasteiger partial charge in [-0.1, -0.05) is 37.6 Å². The highest BCUT2D eigenvalue weighted by Crippen LogP contribution is 2.48. The summed E-state index contributed by atoms with van der Waals surface area (Å²) < 4.78 is 48.7. The minimum Gasteiger partial charge on any atom is -0.472 e. The zero-order valence-electron chi connectivity index (χ0n) is 30.1. The first kappa shape index (κ1) is 37.8. The maximum absolute atomic E-state index is 14.5. The summed E-state index contributed by atoms with van der Waals surface area (Å²) >= 11 is 6.38. The van der Waals surface area contributed by atoms with Crippen LogP contribution in [0.25, 0.3) is 16.7 Å². The molecule has 18 heteroatoms. The van der Waals surface area contributed by atoms with Crippen molar-refractivity contribution in [1.29, 1.82) is 0 Å². The third kappa shape index (κ3) is 6.95. The number of alkyl halides is 1. The third-order valence-electron chi connectivity index (χ3n) is 11.3. The number of benzene rings is 1. The fourth-order valence-corrected chi connectivity index (χ4v) is 9.51. The summed E-state index contributed by atoms with van der Waals surface area (Å²) in [5.41, 5.74) is -0.274. The second kappa shape index (κ2) is 14.0. The van der Waals surface area contributed by atoms with Gasteiger partial charge in [0.2, 0.25) is 33.5 Å². The molecule has 15 nitrogen and oxygen atoms in total. The van der Waals surface area contributed by atoms with Gasteiger partial charge in [0, 0.05) is 23.6 Å². The summed E-state index contributed by atoms with van der Waals surface area (Å²) in [5, 5.41) is 15.9. The molecule has 7 rings (SSSR count). The highest BCUT2D eigenvalue weighted by Gasteiger charge is 2.64. The molecule has 4 amide bonds. The number of nitrogens with one attached hydrogen (secondary N) is 3. The van der Waals surface area contributed by atoms with Crippen molar-refractivity contribution in [2.75, 3.05) is 13.2 Å². The smallest absolute Gasteiger partial charge is 0.405 e. The quantitative estimate of drug-likeness (QED) is 0.256. The third-order valence-corrected chi connectivity index (χ3v) is 13.6. The first-order valence-electron chi connectivity index (χ1n) is 18.1. The van der Waals surface area contributed by atoms with E-state index in [-0.39, 0.29) is 44.0 Å².